The van der Waals surface area contributed by atoms with Crippen LogP contribution in [-0.4, -0.2) is 15.3 Å². The van der Waals surface area contributed by atoms with Gasteiger partial charge in [-0.05, 0) is 42.0 Å². The summed E-state index contributed by atoms with van der Waals surface area (Å²) in [5.74, 6) is 0.347. The van der Waals surface area contributed by atoms with Crippen molar-refractivity contribution in [1.29, 1.82) is 0 Å². The van der Waals surface area contributed by atoms with Gasteiger partial charge in [-0.1, -0.05) is 36.4 Å². The number of aromatic hydroxyl groups is 3. The molecule has 0 saturated heterocycles. The van der Waals surface area contributed by atoms with Gasteiger partial charge in [0, 0.05) is 22.6 Å². The summed E-state index contributed by atoms with van der Waals surface area (Å²) in [4.78, 5) is 0. The minimum atomic E-state index is -0.880. The molecule has 0 aromatic heterocycles. The molecule has 112 valence electrons. The van der Waals surface area contributed by atoms with Gasteiger partial charge in [-0.3, -0.25) is 0 Å². The molecule has 3 heterocycles. The van der Waals surface area contributed by atoms with E-state index in [1.165, 1.54) is 0 Å². The van der Waals surface area contributed by atoms with E-state index in [1.54, 1.807) is 18.2 Å². The van der Waals surface area contributed by atoms with Crippen LogP contribution in [0.1, 0.15) is 22.6 Å². The lowest BCUT2D eigenvalue weighted by atomic mass is 9.82. The summed E-state index contributed by atoms with van der Waals surface area (Å²) in [5, 5.41) is 34.7. The van der Waals surface area contributed by atoms with Crippen molar-refractivity contribution in [2.75, 3.05) is 0 Å². The minimum Gasteiger partial charge on any atom is -0.508 e. The predicted molar refractivity (Wildman–Crippen MR) is 91.1 cm³/mol. The maximum absolute atomic E-state index is 10.5. The molecule has 3 aromatic rings. The van der Waals surface area contributed by atoms with E-state index in [9.17, 15) is 15.3 Å². The molecule has 0 amide bonds. The smallest absolute Gasteiger partial charge is 0.120 e. The van der Waals surface area contributed by atoms with Crippen LogP contribution >= 0.6 is 7.92 Å². The van der Waals surface area contributed by atoms with E-state index in [4.69, 9.17) is 0 Å². The predicted octanol–water partition coefficient (Wildman–Crippen LogP) is 2.37. The third-order valence-electron chi connectivity index (χ3n) is 4.77. The summed E-state index contributed by atoms with van der Waals surface area (Å²) in [6, 6.07) is 16.8. The standard InChI is InChI=1S/C19H13O3P/c20-10-4-1-7-13-16(10)19-17-11(21)5-2-8-14(17)23(13)15-9-3-6-12(22)18(15)19/h1-9,19-22H. The lowest BCUT2D eigenvalue weighted by Crippen LogP contribution is -2.41. The van der Waals surface area contributed by atoms with Crippen LogP contribution in [0.25, 0.3) is 0 Å². The van der Waals surface area contributed by atoms with Crippen molar-refractivity contribution >= 4 is 23.8 Å². The Hall–Kier alpha value is -2.51. The normalized spacial score (nSPS) is 19.8. The average molecular weight is 320 g/mol. The van der Waals surface area contributed by atoms with E-state index in [2.05, 4.69) is 0 Å². The SMILES string of the molecule is Oc1cccc2c1C1c3c(O)cccc3P2c2cccc(O)c21. The van der Waals surface area contributed by atoms with Crippen molar-refractivity contribution in [3.8, 4) is 17.2 Å². The molecule has 3 aliphatic heterocycles. The Morgan fingerprint density at radius 3 is 1.26 bits per heavy atom. The lowest BCUT2D eigenvalue weighted by Gasteiger charge is -2.42. The number of phenols is 3. The van der Waals surface area contributed by atoms with Crippen LogP contribution in [0.2, 0.25) is 0 Å². The van der Waals surface area contributed by atoms with Gasteiger partial charge in [-0.25, -0.2) is 0 Å². The van der Waals surface area contributed by atoms with Crippen LogP contribution < -0.4 is 15.9 Å². The second-order valence-electron chi connectivity index (χ2n) is 5.90. The zero-order valence-electron chi connectivity index (χ0n) is 12.1. The Balaban J connectivity index is 1.97. The zero-order valence-corrected chi connectivity index (χ0v) is 13.0. The van der Waals surface area contributed by atoms with Gasteiger partial charge in [0.1, 0.15) is 17.2 Å². The Kier molecular flexibility index (Phi) is 2.41. The Labute approximate surface area is 134 Å². The highest BCUT2D eigenvalue weighted by Crippen LogP contribution is 2.57. The van der Waals surface area contributed by atoms with Crippen LogP contribution in [-0.2, 0) is 0 Å². The monoisotopic (exact) mass is 320 g/mol. The van der Waals surface area contributed by atoms with E-state index in [0.717, 1.165) is 32.6 Å². The number of benzene rings is 3. The molecule has 3 N–H and O–H groups in total. The molecular formula is C19H13O3P. The largest absolute Gasteiger partial charge is 0.508 e. The molecule has 4 heteroatoms. The van der Waals surface area contributed by atoms with Gasteiger partial charge in [-0.15, -0.1) is 0 Å². The van der Waals surface area contributed by atoms with E-state index in [1.807, 2.05) is 36.4 Å². The fraction of sp³-hybridized carbons (Fsp3) is 0.0526. The Morgan fingerprint density at radius 2 is 0.913 bits per heavy atom. The molecule has 0 fully saturated rings. The van der Waals surface area contributed by atoms with Crippen LogP contribution in [0.15, 0.2) is 54.6 Å². The number of phenolic OH excluding ortho intramolecular Hbond substituents is 3. The first-order valence-electron chi connectivity index (χ1n) is 7.44. The molecule has 23 heavy (non-hydrogen) atoms. The third kappa shape index (κ3) is 1.48. The number of hydrogen-bond acceptors (Lipinski definition) is 3. The first-order chi connectivity index (χ1) is 11.2. The summed E-state index contributed by atoms with van der Waals surface area (Å²) in [6.45, 7) is 0. The molecule has 0 radical (unpaired) electrons. The summed E-state index contributed by atoms with van der Waals surface area (Å²) in [5.41, 5.74) is 2.46. The lowest BCUT2D eigenvalue weighted by molar-refractivity contribution is 0.451. The van der Waals surface area contributed by atoms with Crippen LogP contribution in [0.5, 0.6) is 17.2 Å². The maximum atomic E-state index is 10.5. The van der Waals surface area contributed by atoms with Crippen molar-refractivity contribution in [1.82, 2.24) is 0 Å². The van der Waals surface area contributed by atoms with Crippen molar-refractivity contribution in [2.24, 2.45) is 0 Å². The summed E-state index contributed by atoms with van der Waals surface area (Å²) in [6.07, 6.45) is 0. The van der Waals surface area contributed by atoms with Gasteiger partial charge in [0.05, 0.1) is 0 Å². The van der Waals surface area contributed by atoms with Gasteiger partial charge >= 0.3 is 0 Å². The van der Waals surface area contributed by atoms with Gasteiger partial charge in [-0.2, -0.15) is 0 Å². The molecule has 2 bridgehead atoms. The van der Waals surface area contributed by atoms with E-state index in [-0.39, 0.29) is 23.2 Å². The summed E-state index contributed by atoms with van der Waals surface area (Å²) < 4.78 is 0. The quantitative estimate of drug-likeness (QED) is 0.384. The zero-order chi connectivity index (χ0) is 15.7. The maximum Gasteiger partial charge on any atom is 0.120 e. The molecule has 3 aromatic carbocycles. The van der Waals surface area contributed by atoms with Crippen LogP contribution in [0.3, 0.4) is 0 Å². The molecule has 0 spiro atoms. The molecule has 6 rings (SSSR count). The first-order valence-corrected chi connectivity index (χ1v) is 8.78. The van der Waals surface area contributed by atoms with Gasteiger partial charge in [0.15, 0.2) is 0 Å². The fourth-order valence-electron chi connectivity index (χ4n) is 3.92. The minimum absolute atomic E-state index is 0.225. The Morgan fingerprint density at radius 1 is 0.565 bits per heavy atom. The number of hydrogen-bond donors (Lipinski definition) is 3. The first kappa shape index (κ1) is 13.0. The van der Waals surface area contributed by atoms with E-state index < -0.39 is 7.92 Å². The van der Waals surface area contributed by atoms with Gasteiger partial charge < -0.3 is 15.3 Å². The van der Waals surface area contributed by atoms with Crippen molar-refractivity contribution in [2.45, 2.75) is 5.92 Å². The van der Waals surface area contributed by atoms with Gasteiger partial charge in [0.2, 0.25) is 0 Å². The fourth-order valence-corrected chi connectivity index (χ4v) is 6.86. The van der Waals surface area contributed by atoms with Gasteiger partial charge in [0.25, 0.3) is 0 Å². The third-order valence-corrected chi connectivity index (χ3v) is 7.38. The second-order valence-corrected chi connectivity index (χ2v) is 8.01. The van der Waals surface area contributed by atoms with Crippen LogP contribution in [0, 0.1) is 0 Å². The highest BCUT2D eigenvalue weighted by atomic mass is 31.1. The topological polar surface area (TPSA) is 60.7 Å². The highest BCUT2D eigenvalue weighted by Gasteiger charge is 2.45. The van der Waals surface area contributed by atoms with E-state index >= 15 is 0 Å². The number of rotatable bonds is 0. The van der Waals surface area contributed by atoms with Crippen LogP contribution in [0.4, 0.5) is 0 Å². The van der Waals surface area contributed by atoms with Crippen molar-refractivity contribution in [3.63, 3.8) is 0 Å². The molecule has 3 aliphatic rings. The van der Waals surface area contributed by atoms with Crippen molar-refractivity contribution < 1.29 is 15.3 Å². The highest BCUT2D eigenvalue weighted by molar-refractivity contribution is 7.80. The molecule has 0 atom stereocenters. The summed E-state index contributed by atoms with van der Waals surface area (Å²) >= 11 is 0. The molecular weight excluding hydrogens is 307 g/mol. The summed E-state index contributed by atoms with van der Waals surface area (Å²) in [7, 11) is -0.880. The molecule has 3 nitrogen and oxygen atoms in total. The van der Waals surface area contributed by atoms with Crippen molar-refractivity contribution in [3.05, 3.63) is 71.3 Å². The second kappa shape index (κ2) is 4.27. The molecule has 0 saturated carbocycles. The molecule has 0 aliphatic carbocycles. The van der Waals surface area contributed by atoms with E-state index in [0.29, 0.717) is 0 Å². The Bertz CT molecular complexity index is 853. The average Bonchev–Trinajstić information content (AvgIpc) is 2.55. The molecule has 0 unspecified atom stereocenters.